The van der Waals surface area contributed by atoms with Gasteiger partial charge in [-0.2, -0.15) is 5.10 Å². The molecule has 6 nitrogen and oxygen atoms in total. The number of benzene rings is 3. The number of para-hydroxylation sites is 1. The first kappa shape index (κ1) is 28.4. The lowest BCUT2D eigenvalue weighted by molar-refractivity contribution is -0.132. The zero-order valence-electron chi connectivity index (χ0n) is 23.0. The largest absolute Gasteiger partial charge is 0.341 e. The number of aromatic nitrogens is 2. The van der Waals surface area contributed by atoms with Crippen LogP contribution in [-0.2, 0) is 9.59 Å². The van der Waals surface area contributed by atoms with Crippen LogP contribution in [0.1, 0.15) is 36.1 Å². The molecule has 3 heterocycles. The van der Waals surface area contributed by atoms with E-state index in [0.717, 1.165) is 24.5 Å². The normalized spacial score (nSPS) is 17.7. The molecule has 0 N–H and O–H groups in total. The minimum absolute atomic E-state index is 0.0166. The van der Waals surface area contributed by atoms with Gasteiger partial charge in [-0.15, -0.1) is 11.8 Å². The highest BCUT2D eigenvalue weighted by Crippen LogP contribution is 2.49. The van der Waals surface area contributed by atoms with Gasteiger partial charge >= 0.3 is 0 Å². The van der Waals surface area contributed by atoms with Crippen molar-refractivity contribution in [3.05, 3.63) is 101 Å². The molecule has 0 spiro atoms. The van der Waals surface area contributed by atoms with Crippen molar-refractivity contribution in [1.29, 1.82) is 0 Å². The van der Waals surface area contributed by atoms with Gasteiger partial charge in [0.2, 0.25) is 11.8 Å². The summed E-state index contributed by atoms with van der Waals surface area (Å²) in [7, 11) is 0. The third kappa shape index (κ3) is 5.43. The van der Waals surface area contributed by atoms with Gasteiger partial charge in [-0.05, 0) is 37.0 Å². The van der Waals surface area contributed by atoms with Gasteiger partial charge in [-0.1, -0.05) is 67.1 Å². The van der Waals surface area contributed by atoms with Crippen LogP contribution < -0.4 is 4.90 Å². The quantitative estimate of drug-likeness (QED) is 0.248. The minimum atomic E-state index is -0.720. The van der Waals surface area contributed by atoms with Gasteiger partial charge in [0, 0.05) is 35.8 Å². The van der Waals surface area contributed by atoms with E-state index >= 15 is 4.39 Å². The molecule has 1 fully saturated rings. The van der Waals surface area contributed by atoms with Crippen LogP contribution in [0.25, 0.3) is 16.9 Å². The number of nitrogens with zero attached hydrogens (tertiary/aromatic N) is 4. The molecule has 10 heteroatoms. The fraction of sp³-hybridized carbons (Fsp3) is 0.281. The highest BCUT2D eigenvalue weighted by Gasteiger charge is 2.39. The van der Waals surface area contributed by atoms with Crippen LogP contribution in [-0.4, -0.2) is 51.9 Å². The highest BCUT2D eigenvalue weighted by molar-refractivity contribution is 8.00. The molecular weight excluding hydrogens is 578 g/mol. The van der Waals surface area contributed by atoms with Crippen molar-refractivity contribution >= 4 is 41.0 Å². The van der Waals surface area contributed by atoms with Gasteiger partial charge in [-0.3, -0.25) is 14.5 Å². The summed E-state index contributed by atoms with van der Waals surface area (Å²) in [4.78, 5) is 30.8. The smallest absolute Gasteiger partial charge is 0.242 e. The summed E-state index contributed by atoms with van der Waals surface area (Å²) >= 11 is 7.90. The van der Waals surface area contributed by atoms with Crippen molar-refractivity contribution in [3.8, 4) is 16.9 Å². The molecule has 0 aliphatic carbocycles. The van der Waals surface area contributed by atoms with Crippen molar-refractivity contribution in [1.82, 2.24) is 14.7 Å². The number of carbonyl (C=O) groups is 2. The number of hydrogen-bond donors (Lipinski definition) is 0. The van der Waals surface area contributed by atoms with Crippen LogP contribution in [0, 0.1) is 17.6 Å². The van der Waals surface area contributed by atoms with Crippen molar-refractivity contribution in [2.24, 2.45) is 5.92 Å². The number of amides is 2. The number of hydrogen-bond acceptors (Lipinski definition) is 4. The summed E-state index contributed by atoms with van der Waals surface area (Å²) in [5.74, 6) is -1.00. The minimum Gasteiger partial charge on any atom is -0.341 e. The first-order valence-electron chi connectivity index (χ1n) is 13.9. The third-order valence-electron chi connectivity index (χ3n) is 7.89. The molecule has 2 amide bonds. The zero-order valence-corrected chi connectivity index (χ0v) is 24.5. The predicted octanol–water partition coefficient (Wildman–Crippen LogP) is 6.90. The molecule has 1 aromatic heterocycles. The molecule has 0 unspecified atom stereocenters. The van der Waals surface area contributed by atoms with Crippen molar-refractivity contribution in [2.75, 3.05) is 30.3 Å². The van der Waals surface area contributed by atoms with Gasteiger partial charge in [0.25, 0.3) is 0 Å². The Hall–Kier alpha value is -3.69. The summed E-state index contributed by atoms with van der Waals surface area (Å²) in [6.45, 7) is 3.24. The zero-order chi connectivity index (χ0) is 29.4. The van der Waals surface area contributed by atoms with Crippen LogP contribution in [0.15, 0.2) is 72.8 Å². The molecular formula is C32H29ClF2N4O2S. The molecule has 2 aliphatic heterocycles. The Morgan fingerprint density at radius 1 is 1.02 bits per heavy atom. The number of rotatable bonds is 5. The second kappa shape index (κ2) is 11.9. The van der Waals surface area contributed by atoms with Crippen LogP contribution in [0.5, 0.6) is 0 Å². The number of anilines is 1. The fourth-order valence-electron chi connectivity index (χ4n) is 5.57. The predicted molar refractivity (Wildman–Crippen MR) is 162 cm³/mol. The SMILES string of the molecule is CC1CCN(C(=O)CN2C(=O)CS[C@@H](c3ccc(F)cc3F)c3c(-c4ccccc4)nn(-c4ccccc4Cl)c32)CC1. The number of carbonyl (C=O) groups excluding carboxylic acids is 2. The Morgan fingerprint density at radius 2 is 1.74 bits per heavy atom. The number of likely N-dealkylation sites (tertiary alicyclic amines) is 1. The molecule has 1 saturated heterocycles. The average Bonchev–Trinajstić information content (AvgIpc) is 3.31. The molecule has 0 saturated carbocycles. The molecule has 0 radical (unpaired) electrons. The Bertz CT molecular complexity index is 1640. The topological polar surface area (TPSA) is 58.4 Å². The first-order valence-corrected chi connectivity index (χ1v) is 15.3. The number of fused-ring (bicyclic) bond motifs is 1. The maximum absolute atomic E-state index is 15.4. The van der Waals surface area contributed by atoms with Crippen molar-refractivity contribution in [2.45, 2.75) is 25.0 Å². The average molecular weight is 607 g/mol. The van der Waals surface area contributed by atoms with Gasteiger partial charge in [-0.25, -0.2) is 13.5 Å². The lowest BCUT2D eigenvalue weighted by Gasteiger charge is -2.32. The van der Waals surface area contributed by atoms with E-state index in [1.165, 1.54) is 28.8 Å². The van der Waals surface area contributed by atoms with E-state index in [0.29, 0.717) is 46.8 Å². The second-order valence-corrected chi connectivity index (χ2v) is 12.2. The summed E-state index contributed by atoms with van der Waals surface area (Å²) in [5, 5.41) is 4.66. The molecule has 1 atom stereocenters. The van der Waals surface area contributed by atoms with Crippen LogP contribution in [0.3, 0.4) is 0 Å². The molecule has 3 aromatic carbocycles. The Morgan fingerprint density at radius 3 is 2.45 bits per heavy atom. The standard InChI is InChI=1S/C32H29ClF2N4O2S/c1-20-13-15-37(16-14-20)27(40)18-38-28(41)19-42-31(23-12-11-22(34)17-25(23)35)29-30(21-7-3-2-4-8-21)36-39(32(29)38)26-10-6-5-9-24(26)33/h2-12,17,20,31H,13-16,18-19H2,1H3/t31-/m0/s1. The third-order valence-corrected chi connectivity index (χ3v) is 9.45. The molecule has 0 bridgehead atoms. The van der Waals surface area contributed by atoms with E-state index in [1.54, 1.807) is 27.8 Å². The molecule has 42 heavy (non-hydrogen) atoms. The summed E-state index contributed by atoms with van der Waals surface area (Å²) in [6, 6.07) is 20.0. The lowest BCUT2D eigenvalue weighted by atomic mass is 9.98. The van der Waals surface area contributed by atoms with Crippen LogP contribution >= 0.6 is 23.4 Å². The van der Waals surface area contributed by atoms with Crippen LogP contribution in [0.2, 0.25) is 5.02 Å². The Kier molecular flexibility index (Phi) is 8.05. The van der Waals surface area contributed by atoms with E-state index in [9.17, 15) is 14.0 Å². The monoisotopic (exact) mass is 606 g/mol. The van der Waals surface area contributed by atoms with Gasteiger partial charge in [0.1, 0.15) is 24.0 Å². The van der Waals surface area contributed by atoms with Crippen molar-refractivity contribution in [3.63, 3.8) is 0 Å². The maximum Gasteiger partial charge on any atom is 0.242 e. The first-order chi connectivity index (χ1) is 20.3. The Labute approximate surface area is 252 Å². The summed E-state index contributed by atoms with van der Waals surface area (Å²) < 4.78 is 31.0. The highest BCUT2D eigenvalue weighted by atomic mass is 35.5. The van der Waals surface area contributed by atoms with Gasteiger partial charge in [0.05, 0.1) is 27.4 Å². The lowest BCUT2D eigenvalue weighted by Crippen LogP contribution is -2.46. The molecule has 4 aromatic rings. The van der Waals surface area contributed by atoms with Gasteiger partial charge in [0.15, 0.2) is 0 Å². The second-order valence-electron chi connectivity index (χ2n) is 10.7. The maximum atomic E-state index is 15.4. The molecule has 6 rings (SSSR count). The Balaban J connectivity index is 1.59. The number of piperidine rings is 1. The molecule has 216 valence electrons. The summed E-state index contributed by atoms with van der Waals surface area (Å²) in [5.41, 5.74) is 2.57. The summed E-state index contributed by atoms with van der Waals surface area (Å²) in [6.07, 6.45) is 1.81. The number of halogens is 3. The van der Waals surface area contributed by atoms with E-state index < -0.39 is 16.9 Å². The van der Waals surface area contributed by atoms with Crippen molar-refractivity contribution < 1.29 is 18.4 Å². The fourth-order valence-corrected chi connectivity index (χ4v) is 7.01. The van der Waals surface area contributed by atoms with E-state index in [1.807, 2.05) is 36.4 Å². The van der Waals surface area contributed by atoms with Gasteiger partial charge < -0.3 is 4.90 Å². The molecule has 2 aliphatic rings. The van der Waals surface area contributed by atoms with Crippen LogP contribution in [0.4, 0.5) is 14.6 Å². The van der Waals surface area contributed by atoms with E-state index in [4.69, 9.17) is 16.7 Å². The van der Waals surface area contributed by atoms with E-state index in [-0.39, 0.29) is 29.7 Å². The van der Waals surface area contributed by atoms with E-state index in [2.05, 4.69) is 6.92 Å². The number of thioether (sulfide) groups is 1.